The van der Waals surface area contributed by atoms with Crippen LogP contribution in [-0.2, 0) is 5.54 Å². The summed E-state index contributed by atoms with van der Waals surface area (Å²) in [6.07, 6.45) is 5.87. The first kappa shape index (κ1) is 12.4. The average Bonchev–Trinajstić information content (AvgIpc) is 2.32. The fourth-order valence-corrected chi connectivity index (χ4v) is 3.04. The van der Waals surface area contributed by atoms with E-state index in [1.807, 2.05) is 13.8 Å². The van der Waals surface area contributed by atoms with Gasteiger partial charge < -0.3 is 10.8 Å². The number of rotatable bonds is 1. The maximum atomic E-state index is 9.95. The molecule has 2 nitrogen and oxygen atoms in total. The molecule has 1 aromatic carbocycles. The van der Waals surface area contributed by atoms with Gasteiger partial charge in [-0.05, 0) is 55.9 Å². The fourth-order valence-electron chi connectivity index (χ4n) is 3.04. The molecule has 1 aromatic rings. The maximum absolute atomic E-state index is 9.95. The molecule has 2 heteroatoms. The van der Waals surface area contributed by atoms with Crippen LogP contribution in [0.4, 0.5) is 0 Å². The summed E-state index contributed by atoms with van der Waals surface area (Å²) < 4.78 is 0. The first-order chi connectivity index (χ1) is 7.96. The van der Waals surface area contributed by atoms with E-state index < -0.39 is 0 Å². The van der Waals surface area contributed by atoms with Gasteiger partial charge in [0.2, 0.25) is 0 Å². The van der Waals surface area contributed by atoms with Crippen LogP contribution in [0.3, 0.4) is 0 Å². The number of nitrogens with two attached hydrogens (primary N) is 1. The summed E-state index contributed by atoms with van der Waals surface area (Å²) in [5, 5.41) is 9.95. The van der Waals surface area contributed by atoms with Gasteiger partial charge in [-0.3, -0.25) is 0 Å². The fraction of sp³-hybridized carbons (Fsp3) is 0.600. The molecule has 1 aliphatic carbocycles. The van der Waals surface area contributed by atoms with Gasteiger partial charge in [0.25, 0.3) is 0 Å². The monoisotopic (exact) mass is 233 g/mol. The van der Waals surface area contributed by atoms with Crippen LogP contribution in [0.25, 0.3) is 0 Å². The van der Waals surface area contributed by atoms with E-state index in [0.29, 0.717) is 5.75 Å². The van der Waals surface area contributed by atoms with Gasteiger partial charge >= 0.3 is 0 Å². The summed E-state index contributed by atoms with van der Waals surface area (Å²) in [5.74, 6) is 0.422. The summed E-state index contributed by atoms with van der Waals surface area (Å²) >= 11 is 0. The van der Waals surface area contributed by atoms with Gasteiger partial charge in [-0.1, -0.05) is 25.3 Å². The molecular formula is C15H23NO. The molecule has 0 bridgehead atoms. The van der Waals surface area contributed by atoms with Crippen molar-refractivity contribution in [3.8, 4) is 5.75 Å². The highest BCUT2D eigenvalue weighted by molar-refractivity contribution is 5.50. The minimum atomic E-state index is -0.175. The first-order valence-electron chi connectivity index (χ1n) is 6.55. The van der Waals surface area contributed by atoms with Gasteiger partial charge in [0, 0.05) is 5.54 Å². The van der Waals surface area contributed by atoms with Crippen molar-refractivity contribution in [1.29, 1.82) is 0 Å². The lowest BCUT2D eigenvalue weighted by molar-refractivity contribution is 0.300. The molecule has 0 aliphatic heterocycles. The molecule has 17 heavy (non-hydrogen) atoms. The van der Waals surface area contributed by atoms with Crippen molar-refractivity contribution in [3.05, 3.63) is 28.3 Å². The highest BCUT2D eigenvalue weighted by Gasteiger charge is 2.31. The van der Waals surface area contributed by atoms with Crippen LogP contribution < -0.4 is 5.73 Å². The Bertz CT molecular complexity index is 431. The summed E-state index contributed by atoms with van der Waals surface area (Å²) in [4.78, 5) is 0. The van der Waals surface area contributed by atoms with E-state index in [1.54, 1.807) is 0 Å². The van der Waals surface area contributed by atoms with Crippen molar-refractivity contribution in [2.75, 3.05) is 0 Å². The van der Waals surface area contributed by atoms with Crippen molar-refractivity contribution in [2.24, 2.45) is 5.73 Å². The molecule has 0 radical (unpaired) electrons. The lowest BCUT2D eigenvalue weighted by atomic mass is 9.75. The predicted molar refractivity (Wildman–Crippen MR) is 71.3 cm³/mol. The van der Waals surface area contributed by atoms with Crippen LogP contribution in [0.5, 0.6) is 5.75 Å². The van der Waals surface area contributed by atoms with Gasteiger partial charge in [-0.2, -0.15) is 0 Å². The summed E-state index contributed by atoms with van der Waals surface area (Å²) in [5.41, 5.74) is 10.7. The smallest absolute Gasteiger partial charge is 0.121 e. The zero-order valence-electron chi connectivity index (χ0n) is 11.1. The number of phenolic OH excluding ortho intramolecular Hbond substituents is 1. The lowest BCUT2D eigenvalue weighted by Crippen LogP contribution is -2.39. The highest BCUT2D eigenvalue weighted by atomic mass is 16.3. The van der Waals surface area contributed by atoms with E-state index in [-0.39, 0.29) is 5.54 Å². The second-order valence-electron chi connectivity index (χ2n) is 5.56. The van der Waals surface area contributed by atoms with Crippen LogP contribution in [0.15, 0.2) is 6.07 Å². The Morgan fingerprint density at radius 3 is 2.24 bits per heavy atom. The molecule has 0 spiro atoms. The van der Waals surface area contributed by atoms with Crippen LogP contribution in [0.2, 0.25) is 0 Å². The third kappa shape index (κ3) is 2.06. The molecule has 1 saturated carbocycles. The average molecular weight is 233 g/mol. The van der Waals surface area contributed by atoms with E-state index in [9.17, 15) is 5.11 Å². The quantitative estimate of drug-likeness (QED) is 0.780. The molecule has 0 amide bonds. The molecule has 0 unspecified atom stereocenters. The Kier molecular flexibility index (Phi) is 3.17. The zero-order valence-corrected chi connectivity index (χ0v) is 11.1. The molecule has 0 heterocycles. The minimum absolute atomic E-state index is 0.175. The Hall–Kier alpha value is -1.02. The third-order valence-electron chi connectivity index (χ3n) is 4.34. The number of phenols is 1. The maximum Gasteiger partial charge on any atom is 0.121 e. The van der Waals surface area contributed by atoms with E-state index in [1.165, 1.54) is 24.8 Å². The predicted octanol–water partition coefficient (Wildman–Crippen LogP) is 3.44. The van der Waals surface area contributed by atoms with Crippen molar-refractivity contribution in [1.82, 2.24) is 0 Å². The van der Waals surface area contributed by atoms with Gasteiger partial charge in [0.05, 0.1) is 0 Å². The number of benzene rings is 1. The molecule has 1 fully saturated rings. The van der Waals surface area contributed by atoms with Gasteiger partial charge in [0.1, 0.15) is 5.75 Å². The van der Waals surface area contributed by atoms with E-state index in [4.69, 9.17) is 5.73 Å². The topological polar surface area (TPSA) is 46.2 Å². The van der Waals surface area contributed by atoms with Gasteiger partial charge in [0.15, 0.2) is 0 Å². The van der Waals surface area contributed by atoms with Crippen molar-refractivity contribution in [2.45, 2.75) is 58.4 Å². The minimum Gasteiger partial charge on any atom is -0.507 e. The van der Waals surface area contributed by atoms with Gasteiger partial charge in [-0.15, -0.1) is 0 Å². The Balaban J connectivity index is 2.51. The molecule has 2 rings (SSSR count). The SMILES string of the molecule is Cc1cc(C2(N)CCCCC2)c(C)c(C)c1O. The number of hydrogen-bond acceptors (Lipinski definition) is 2. The number of aryl methyl sites for hydroxylation is 1. The van der Waals surface area contributed by atoms with Gasteiger partial charge in [-0.25, -0.2) is 0 Å². The van der Waals surface area contributed by atoms with Crippen molar-refractivity contribution < 1.29 is 5.11 Å². The lowest BCUT2D eigenvalue weighted by Gasteiger charge is -2.36. The molecule has 0 atom stereocenters. The van der Waals surface area contributed by atoms with E-state index in [2.05, 4.69) is 13.0 Å². The normalized spacial score (nSPS) is 19.3. The standard InChI is InChI=1S/C15H23NO/c1-10-9-13(11(2)12(3)14(10)17)15(16)7-5-4-6-8-15/h9,17H,4-8,16H2,1-3H3. The molecule has 0 aromatic heterocycles. The molecule has 1 aliphatic rings. The number of hydrogen-bond donors (Lipinski definition) is 2. The zero-order chi connectivity index (χ0) is 12.6. The molecule has 0 saturated heterocycles. The second-order valence-corrected chi connectivity index (χ2v) is 5.56. The van der Waals surface area contributed by atoms with Crippen LogP contribution in [0, 0.1) is 20.8 Å². The first-order valence-corrected chi connectivity index (χ1v) is 6.55. The Morgan fingerprint density at radius 2 is 1.65 bits per heavy atom. The van der Waals surface area contributed by atoms with Crippen LogP contribution in [-0.4, -0.2) is 5.11 Å². The summed E-state index contributed by atoms with van der Waals surface area (Å²) in [7, 11) is 0. The molecule has 3 N–H and O–H groups in total. The van der Waals surface area contributed by atoms with Crippen LogP contribution >= 0.6 is 0 Å². The second kappa shape index (κ2) is 4.34. The number of aromatic hydroxyl groups is 1. The summed E-state index contributed by atoms with van der Waals surface area (Å²) in [6.45, 7) is 6.01. The van der Waals surface area contributed by atoms with Crippen molar-refractivity contribution in [3.63, 3.8) is 0 Å². The highest BCUT2D eigenvalue weighted by Crippen LogP contribution is 2.39. The van der Waals surface area contributed by atoms with Crippen molar-refractivity contribution >= 4 is 0 Å². The third-order valence-corrected chi connectivity index (χ3v) is 4.34. The summed E-state index contributed by atoms with van der Waals surface area (Å²) in [6, 6.07) is 2.09. The van der Waals surface area contributed by atoms with Crippen LogP contribution in [0.1, 0.15) is 54.4 Å². The molecular weight excluding hydrogens is 210 g/mol. The van der Waals surface area contributed by atoms with E-state index >= 15 is 0 Å². The Morgan fingerprint density at radius 1 is 1.06 bits per heavy atom. The molecule has 94 valence electrons. The Labute approximate surface area is 104 Å². The largest absolute Gasteiger partial charge is 0.507 e. The van der Waals surface area contributed by atoms with E-state index in [0.717, 1.165) is 29.5 Å².